The summed E-state index contributed by atoms with van der Waals surface area (Å²) in [6.45, 7) is 0.807. The number of methoxy groups -OCH3 is 1. The van der Waals surface area contributed by atoms with E-state index in [1.54, 1.807) is 7.11 Å². The van der Waals surface area contributed by atoms with Crippen LogP contribution < -0.4 is 4.74 Å². The molecule has 2 heteroatoms. The zero-order chi connectivity index (χ0) is 12.6. The topological polar surface area (TPSA) is 21.6 Å². The second kappa shape index (κ2) is 6.60. The molecule has 0 bridgehead atoms. The Hall–Kier alpha value is -2.09. The summed E-state index contributed by atoms with van der Waals surface area (Å²) in [5.74, 6) is 0.895. The molecule has 0 spiro atoms. The van der Waals surface area contributed by atoms with E-state index in [0.29, 0.717) is 0 Å². The number of ether oxygens (including phenoxy) is 1. The first-order valence-electron chi connectivity index (χ1n) is 6.06. The van der Waals surface area contributed by atoms with Crippen LogP contribution in [0.15, 0.2) is 59.6 Å². The van der Waals surface area contributed by atoms with Gasteiger partial charge in [0.15, 0.2) is 0 Å². The third kappa shape index (κ3) is 3.74. The Balaban J connectivity index is 1.83. The fourth-order valence-corrected chi connectivity index (χ4v) is 1.69. The Labute approximate surface area is 108 Å². The van der Waals surface area contributed by atoms with Crippen LogP contribution in [0.1, 0.15) is 11.1 Å². The highest BCUT2D eigenvalue weighted by Gasteiger charge is 1.93. The largest absolute Gasteiger partial charge is 0.497 e. The van der Waals surface area contributed by atoms with E-state index in [4.69, 9.17) is 4.74 Å². The molecule has 0 heterocycles. The standard InChI is InChI=1S/C16H17NO/c1-18-16-9-7-14(8-10-16)11-12-17-13-15-5-3-2-4-6-15/h2-10,13H,11-12H2,1H3. The van der Waals surface area contributed by atoms with Crippen LogP contribution in [0, 0.1) is 0 Å². The molecular weight excluding hydrogens is 222 g/mol. The van der Waals surface area contributed by atoms with E-state index in [1.165, 1.54) is 5.56 Å². The predicted molar refractivity (Wildman–Crippen MR) is 75.6 cm³/mol. The summed E-state index contributed by atoms with van der Waals surface area (Å²) in [6, 6.07) is 18.3. The zero-order valence-corrected chi connectivity index (χ0v) is 10.5. The molecular formula is C16H17NO. The van der Waals surface area contributed by atoms with Crippen molar-refractivity contribution < 1.29 is 4.74 Å². The minimum Gasteiger partial charge on any atom is -0.497 e. The van der Waals surface area contributed by atoms with Gasteiger partial charge in [-0.1, -0.05) is 42.5 Å². The highest BCUT2D eigenvalue weighted by Crippen LogP contribution is 2.11. The van der Waals surface area contributed by atoms with Gasteiger partial charge in [-0.15, -0.1) is 0 Å². The number of aliphatic imine (C=N–C) groups is 1. The van der Waals surface area contributed by atoms with E-state index >= 15 is 0 Å². The molecule has 18 heavy (non-hydrogen) atoms. The predicted octanol–water partition coefficient (Wildman–Crippen LogP) is 3.36. The first-order valence-corrected chi connectivity index (χ1v) is 6.06. The van der Waals surface area contributed by atoms with Crippen molar-refractivity contribution in [1.82, 2.24) is 0 Å². The van der Waals surface area contributed by atoms with Gasteiger partial charge in [-0.2, -0.15) is 0 Å². The van der Waals surface area contributed by atoms with Gasteiger partial charge >= 0.3 is 0 Å². The Morgan fingerprint density at radius 2 is 1.72 bits per heavy atom. The first-order chi connectivity index (χ1) is 8.88. The van der Waals surface area contributed by atoms with E-state index in [1.807, 2.05) is 36.5 Å². The molecule has 2 rings (SSSR count). The van der Waals surface area contributed by atoms with Gasteiger partial charge < -0.3 is 4.74 Å². The van der Waals surface area contributed by atoms with Crippen LogP contribution >= 0.6 is 0 Å². The lowest BCUT2D eigenvalue weighted by Crippen LogP contribution is -1.91. The maximum absolute atomic E-state index is 5.12. The Kier molecular flexibility index (Phi) is 4.53. The van der Waals surface area contributed by atoms with Crippen LogP contribution in [0.4, 0.5) is 0 Å². The van der Waals surface area contributed by atoms with Crippen molar-refractivity contribution >= 4 is 6.21 Å². The molecule has 0 atom stereocenters. The normalized spacial score (nSPS) is 10.7. The Bertz CT molecular complexity index is 488. The smallest absolute Gasteiger partial charge is 0.118 e. The minimum atomic E-state index is 0.807. The maximum Gasteiger partial charge on any atom is 0.118 e. The highest BCUT2D eigenvalue weighted by atomic mass is 16.5. The molecule has 0 amide bonds. The summed E-state index contributed by atoms with van der Waals surface area (Å²) in [5.41, 5.74) is 2.42. The van der Waals surface area contributed by atoms with Crippen LogP contribution in [0.5, 0.6) is 5.75 Å². The zero-order valence-electron chi connectivity index (χ0n) is 10.5. The third-order valence-electron chi connectivity index (χ3n) is 2.73. The van der Waals surface area contributed by atoms with E-state index in [-0.39, 0.29) is 0 Å². The molecule has 2 nitrogen and oxygen atoms in total. The van der Waals surface area contributed by atoms with Crippen LogP contribution in [0.3, 0.4) is 0 Å². The molecule has 0 saturated carbocycles. The lowest BCUT2D eigenvalue weighted by atomic mass is 10.1. The van der Waals surface area contributed by atoms with Crippen LogP contribution in [0.2, 0.25) is 0 Å². The van der Waals surface area contributed by atoms with E-state index in [0.717, 1.165) is 24.3 Å². The molecule has 0 radical (unpaired) electrons. The van der Waals surface area contributed by atoms with Crippen molar-refractivity contribution in [2.45, 2.75) is 6.42 Å². The average molecular weight is 239 g/mol. The van der Waals surface area contributed by atoms with Gasteiger partial charge in [-0.25, -0.2) is 0 Å². The molecule has 92 valence electrons. The van der Waals surface area contributed by atoms with Crippen molar-refractivity contribution in [2.24, 2.45) is 4.99 Å². The molecule has 0 fully saturated rings. The molecule has 0 N–H and O–H groups in total. The second-order valence-corrected chi connectivity index (χ2v) is 4.04. The van der Waals surface area contributed by atoms with Gasteiger partial charge in [0.25, 0.3) is 0 Å². The van der Waals surface area contributed by atoms with Crippen molar-refractivity contribution in [2.75, 3.05) is 13.7 Å². The summed E-state index contributed by atoms with van der Waals surface area (Å²) in [7, 11) is 1.68. The number of nitrogens with zero attached hydrogens (tertiary/aromatic N) is 1. The number of hydrogen-bond donors (Lipinski definition) is 0. The second-order valence-electron chi connectivity index (χ2n) is 4.04. The average Bonchev–Trinajstić information content (AvgIpc) is 2.45. The van der Waals surface area contributed by atoms with Gasteiger partial charge in [0, 0.05) is 12.8 Å². The molecule has 0 aliphatic rings. The van der Waals surface area contributed by atoms with E-state index < -0.39 is 0 Å². The molecule has 0 aromatic heterocycles. The van der Waals surface area contributed by atoms with Gasteiger partial charge in [0.2, 0.25) is 0 Å². The van der Waals surface area contributed by atoms with Gasteiger partial charge in [-0.3, -0.25) is 4.99 Å². The highest BCUT2D eigenvalue weighted by molar-refractivity contribution is 5.79. The lowest BCUT2D eigenvalue weighted by Gasteiger charge is -2.01. The third-order valence-corrected chi connectivity index (χ3v) is 2.73. The molecule has 2 aromatic rings. The van der Waals surface area contributed by atoms with Crippen molar-refractivity contribution in [3.63, 3.8) is 0 Å². The van der Waals surface area contributed by atoms with Crippen molar-refractivity contribution in [3.8, 4) is 5.75 Å². The van der Waals surface area contributed by atoms with Gasteiger partial charge in [0.05, 0.1) is 7.11 Å². The molecule has 0 aliphatic carbocycles. The summed E-state index contributed by atoms with van der Waals surface area (Å²) in [5, 5.41) is 0. The van der Waals surface area contributed by atoms with Crippen molar-refractivity contribution in [1.29, 1.82) is 0 Å². The SMILES string of the molecule is COc1ccc(CCN=Cc2ccccc2)cc1. The lowest BCUT2D eigenvalue weighted by molar-refractivity contribution is 0.414. The molecule has 0 saturated heterocycles. The Morgan fingerprint density at radius 3 is 2.39 bits per heavy atom. The van der Waals surface area contributed by atoms with Crippen molar-refractivity contribution in [3.05, 3.63) is 65.7 Å². The molecule has 2 aromatic carbocycles. The quantitative estimate of drug-likeness (QED) is 0.733. The minimum absolute atomic E-state index is 0.807. The molecule has 0 aliphatic heterocycles. The monoisotopic (exact) mass is 239 g/mol. The molecule has 0 unspecified atom stereocenters. The van der Waals surface area contributed by atoms with E-state index in [2.05, 4.69) is 29.3 Å². The number of benzene rings is 2. The summed E-state index contributed by atoms with van der Waals surface area (Å²) >= 11 is 0. The van der Waals surface area contributed by atoms with E-state index in [9.17, 15) is 0 Å². The number of rotatable bonds is 5. The van der Waals surface area contributed by atoms with Crippen LogP contribution in [-0.4, -0.2) is 19.9 Å². The summed E-state index contributed by atoms with van der Waals surface area (Å²) < 4.78 is 5.12. The summed E-state index contributed by atoms with van der Waals surface area (Å²) in [4.78, 5) is 4.42. The Morgan fingerprint density at radius 1 is 1.00 bits per heavy atom. The fourth-order valence-electron chi connectivity index (χ4n) is 1.69. The first kappa shape index (κ1) is 12.4. The summed E-state index contributed by atoms with van der Waals surface area (Å²) in [6.07, 6.45) is 2.87. The van der Waals surface area contributed by atoms with Gasteiger partial charge in [-0.05, 0) is 29.7 Å². The number of hydrogen-bond acceptors (Lipinski definition) is 2. The van der Waals surface area contributed by atoms with Gasteiger partial charge in [0.1, 0.15) is 5.75 Å². The fraction of sp³-hybridized carbons (Fsp3) is 0.188. The van der Waals surface area contributed by atoms with Crippen LogP contribution in [-0.2, 0) is 6.42 Å². The maximum atomic E-state index is 5.12. The van der Waals surface area contributed by atoms with Crippen LogP contribution in [0.25, 0.3) is 0 Å².